The summed E-state index contributed by atoms with van der Waals surface area (Å²) in [5.74, 6) is -0.268. The van der Waals surface area contributed by atoms with Crippen LogP contribution >= 0.6 is 49.7 Å². The molecule has 0 radical (unpaired) electrons. The van der Waals surface area contributed by atoms with Crippen LogP contribution in [0.2, 0.25) is 0 Å². The predicted octanol–water partition coefficient (Wildman–Crippen LogP) is 3.41. The molecule has 0 aromatic carbocycles. The molecule has 30 heavy (non-hydrogen) atoms. The van der Waals surface area contributed by atoms with Crippen LogP contribution in [0.1, 0.15) is 65.2 Å². The van der Waals surface area contributed by atoms with Crippen LogP contribution in [0, 0.1) is 0 Å². The summed E-state index contributed by atoms with van der Waals surface area (Å²) < 4.78 is 0.855. The van der Waals surface area contributed by atoms with Crippen molar-refractivity contribution in [3.63, 3.8) is 0 Å². The zero-order valence-electron chi connectivity index (χ0n) is 18.3. The molecule has 6 nitrogen and oxygen atoms in total. The zero-order chi connectivity index (χ0) is 22.8. The van der Waals surface area contributed by atoms with E-state index in [1.165, 1.54) is 12.8 Å². The minimum Gasteiger partial charge on any atom is -0.353 e. The number of carbonyl (C=O) groups excluding carboxylic acids is 2. The van der Waals surface area contributed by atoms with Crippen LogP contribution in [-0.4, -0.2) is 69.5 Å². The molecule has 10 heteroatoms. The van der Waals surface area contributed by atoms with Gasteiger partial charge in [0, 0.05) is 26.2 Å². The van der Waals surface area contributed by atoms with Gasteiger partial charge in [0.1, 0.15) is 8.64 Å². The number of carbonyl (C=O) groups is 2. The SMILES string of the molecule is CCCCCCN(CC(=O)NCCNC(=O)CN(CCCCCC)C(=S)S)C(=S)S. The van der Waals surface area contributed by atoms with Crippen molar-refractivity contribution in [2.75, 3.05) is 39.3 Å². The third kappa shape index (κ3) is 16.2. The highest BCUT2D eigenvalue weighted by Crippen LogP contribution is 2.05. The van der Waals surface area contributed by atoms with Crippen molar-refractivity contribution >= 4 is 70.1 Å². The number of nitrogens with one attached hydrogen (secondary N) is 2. The van der Waals surface area contributed by atoms with Gasteiger partial charge in [0.25, 0.3) is 0 Å². The molecule has 0 aliphatic rings. The van der Waals surface area contributed by atoms with Gasteiger partial charge in [0.05, 0.1) is 13.1 Å². The second-order valence-corrected chi connectivity index (χ2v) is 9.46. The quantitative estimate of drug-likeness (QED) is 0.141. The number of thiocarbonyl (C=S) groups is 2. The van der Waals surface area contributed by atoms with Gasteiger partial charge in [-0.2, -0.15) is 0 Å². The lowest BCUT2D eigenvalue weighted by atomic mass is 10.2. The van der Waals surface area contributed by atoms with Gasteiger partial charge in [-0.25, -0.2) is 0 Å². The third-order valence-electron chi connectivity index (χ3n) is 4.54. The maximum atomic E-state index is 12.1. The number of hydrogen-bond donors (Lipinski definition) is 4. The molecule has 0 aliphatic carbocycles. The first-order valence-electron chi connectivity index (χ1n) is 10.8. The maximum Gasteiger partial charge on any atom is 0.239 e. The molecule has 0 fully saturated rings. The normalized spacial score (nSPS) is 10.4. The molecule has 2 amide bonds. The van der Waals surface area contributed by atoms with Crippen LogP contribution in [0.25, 0.3) is 0 Å². The fraction of sp³-hybridized carbons (Fsp3) is 0.800. The minimum absolute atomic E-state index is 0.134. The molecule has 0 heterocycles. The van der Waals surface area contributed by atoms with Crippen LogP contribution in [0.5, 0.6) is 0 Å². The summed E-state index contributed by atoms with van der Waals surface area (Å²) in [6, 6.07) is 0. The van der Waals surface area contributed by atoms with Gasteiger partial charge in [0.15, 0.2) is 0 Å². The van der Waals surface area contributed by atoms with Gasteiger partial charge >= 0.3 is 0 Å². The van der Waals surface area contributed by atoms with Crippen LogP contribution in [-0.2, 0) is 9.59 Å². The number of thiol groups is 2. The summed E-state index contributed by atoms with van der Waals surface area (Å²) in [4.78, 5) is 27.9. The lowest BCUT2D eigenvalue weighted by Crippen LogP contribution is -2.44. The molecule has 0 unspecified atom stereocenters. The van der Waals surface area contributed by atoms with E-state index in [1.54, 1.807) is 9.80 Å². The number of unbranched alkanes of at least 4 members (excludes halogenated alkanes) is 6. The monoisotopic (exact) mass is 494 g/mol. The first-order chi connectivity index (χ1) is 14.3. The second-order valence-electron chi connectivity index (χ2n) is 7.23. The molecule has 0 aliphatic heterocycles. The van der Waals surface area contributed by atoms with Gasteiger partial charge in [-0.1, -0.05) is 76.8 Å². The van der Waals surface area contributed by atoms with Crippen LogP contribution in [0.4, 0.5) is 0 Å². The van der Waals surface area contributed by atoms with Crippen LogP contribution in [0.3, 0.4) is 0 Å². The Morgan fingerprint density at radius 2 is 1.07 bits per heavy atom. The van der Waals surface area contributed by atoms with E-state index in [4.69, 9.17) is 24.4 Å². The van der Waals surface area contributed by atoms with E-state index in [0.29, 0.717) is 21.7 Å². The summed E-state index contributed by atoms with van der Waals surface area (Å²) in [6.45, 7) is 6.85. The van der Waals surface area contributed by atoms with Crippen LogP contribution in [0.15, 0.2) is 0 Å². The van der Waals surface area contributed by atoms with E-state index in [1.807, 2.05) is 0 Å². The average Bonchev–Trinajstić information content (AvgIpc) is 2.69. The molecule has 0 atom stereocenters. The van der Waals surface area contributed by atoms with Crippen molar-refractivity contribution in [1.29, 1.82) is 0 Å². The van der Waals surface area contributed by atoms with E-state index >= 15 is 0 Å². The summed E-state index contributed by atoms with van der Waals surface area (Å²) >= 11 is 18.7. The molecule has 0 rings (SSSR count). The van der Waals surface area contributed by atoms with Gasteiger partial charge in [-0.05, 0) is 12.8 Å². The summed E-state index contributed by atoms with van der Waals surface area (Å²) in [7, 11) is 0. The van der Waals surface area contributed by atoms with Gasteiger partial charge in [-0.15, -0.1) is 25.3 Å². The van der Waals surface area contributed by atoms with E-state index in [9.17, 15) is 9.59 Å². The highest BCUT2D eigenvalue weighted by atomic mass is 32.1. The van der Waals surface area contributed by atoms with Crippen molar-refractivity contribution in [1.82, 2.24) is 20.4 Å². The summed E-state index contributed by atoms with van der Waals surface area (Å²) in [6.07, 6.45) is 8.87. The van der Waals surface area contributed by atoms with E-state index in [0.717, 1.165) is 51.6 Å². The van der Waals surface area contributed by atoms with Crippen molar-refractivity contribution in [3.05, 3.63) is 0 Å². The Balaban J connectivity index is 4.11. The average molecular weight is 495 g/mol. The van der Waals surface area contributed by atoms with Crippen molar-refractivity contribution in [2.45, 2.75) is 65.2 Å². The highest BCUT2D eigenvalue weighted by molar-refractivity contribution is 8.11. The predicted molar refractivity (Wildman–Crippen MR) is 141 cm³/mol. The molecule has 0 bridgehead atoms. The Hall–Kier alpha value is -0.580. The third-order valence-corrected chi connectivity index (χ3v) is 5.62. The number of rotatable bonds is 17. The Labute approximate surface area is 204 Å². The molecule has 174 valence electrons. The molecule has 0 saturated carbocycles. The van der Waals surface area contributed by atoms with Crippen LogP contribution < -0.4 is 10.6 Å². The Morgan fingerprint density at radius 3 is 1.37 bits per heavy atom. The number of amides is 2. The molecule has 0 aromatic rings. The van der Waals surface area contributed by atoms with Crippen molar-refractivity contribution in [3.8, 4) is 0 Å². The fourth-order valence-electron chi connectivity index (χ4n) is 2.81. The molecule has 0 saturated heterocycles. The van der Waals surface area contributed by atoms with E-state index in [2.05, 4.69) is 49.7 Å². The minimum atomic E-state index is -0.134. The summed E-state index contributed by atoms with van der Waals surface area (Å²) in [5.41, 5.74) is 0. The van der Waals surface area contributed by atoms with Crippen molar-refractivity contribution in [2.24, 2.45) is 0 Å². The molecule has 0 spiro atoms. The Kier molecular flexibility index (Phi) is 18.8. The van der Waals surface area contributed by atoms with Crippen molar-refractivity contribution < 1.29 is 9.59 Å². The Morgan fingerprint density at radius 1 is 0.700 bits per heavy atom. The first-order valence-corrected chi connectivity index (χ1v) is 12.5. The Bertz CT molecular complexity index is 489. The maximum absolute atomic E-state index is 12.1. The zero-order valence-corrected chi connectivity index (χ0v) is 21.7. The number of hydrogen-bond acceptors (Lipinski definition) is 4. The molecule has 0 aromatic heterocycles. The van der Waals surface area contributed by atoms with Gasteiger partial charge in [0.2, 0.25) is 11.8 Å². The topological polar surface area (TPSA) is 64.7 Å². The highest BCUT2D eigenvalue weighted by Gasteiger charge is 2.13. The smallest absolute Gasteiger partial charge is 0.239 e. The van der Waals surface area contributed by atoms with Gasteiger partial charge < -0.3 is 20.4 Å². The number of nitrogens with zero attached hydrogens (tertiary/aromatic N) is 2. The van der Waals surface area contributed by atoms with E-state index < -0.39 is 0 Å². The van der Waals surface area contributed by atoms with E-state index in [-0.39, 0.29) is 24.9 Å². The molecular weight excluding hydrogens is 457 g/mol. The lowest BCUT2D eigenvalue weighted by molar-refractivity contribution is -0.123. The first kappa shape index (κ1) is 29.4. The standard InChI is InChI=1S/C20H38N4O2S4/c1-3-5-7-9-13-23(19(27)28)15-17(25)21-11-12-22-18(26)16-24(20(29)30)14-10-8-6-4-2/h3-16H2,1-2H3,(H,21,25)(H,22,26)(H,27,28)(H,29,30). The molecule has 2 N–H and O–H groups in total. The molecular formula is C20H38N4O2S4. The fourth-order valence-corrected chi connectivity index (χ4v) is 3.46. The lowest BCUT2D eigenvalue weighted by Gasteiger charge is -2.22. The second kappa shape index (κ2) is 19.1. The summed E-state index contributed by atoms with van der Waals surface area (Å²) in [5, 5.41) is 5.61. The largest absolute Gasteiger partial charge is 0.353 e. The van der Waals surface area contributed by atoms with Gasteiger partial charge in [-0.3, -0.25) is 9.59 Å².